The predicted octanol–water partition coefficient (Wildman–Crippen LogP) is 6.32. The third-order valence-corrected chi connectivity index (χ3v) is 8.05. The quantitative estimate of drug-likeness (QED) is 0.150. The lowest BCUT2D eigenvalue weighted by atomic mass is 10.0. The van der Waals surface area contributed by atoms with E-state index >= 15 is 0 Å². The number of hydrogen-bond donors (Lipinski definition) is 3. The molecule has 3 N–H and O–H groups in total. The van der Waals surface area contributed by atoms with Crippen LogP contribution in [0.15, 0.2) is 123 Å². The Morgan fingerprint density at radius 1 is 0.889 bits per heavy atom. The maximum atomic E-state index is 13.4. The highest BCUT2D eigenvalue weighted by Gasteiger charge is 2.24. The minimum atomic E-state index is -0.899. The Labute approximate surface area is 267 Å². The van der Waals surface area contributed by atoms with Gasteiger partial charge in [-0.25, -0.2) is 0 Å². The molecule has 4 aromatic carbocycles. The van der Waals surface area contributed by atoms with Crippen molar-refractivity contribution in [2.75, 3.05) is 6.54 Å². The minimum absolute atomic E-state index is 0.192. The molecule has 226 valence electrons. The fraction of sp³-hybridized carbons (Fsp3) is 0.139. The molecule has 2 aromatic heterocycles. The Kier molecular flexibility index (Phi) is 9.07. The summed E-state index contributed by atoms with van der Waals surface area (Å²) in [5.41, 5.74) is 3.72. The summed E-state index contributed by atoms with van der Waals surface area (Å²) in [4.78, 5) is 43.3. The van der Waals surface area contributed by atoms with Gasteiger partial charge in [0.05, 0.1) is 0 Å². The van der Waals surface area contributed by atoms with E-state index in [2.05, 4.69) is 31.5 Å². The molecule has 0 saturated heterocycles. The SMILES string of the molecule is O=C(N[C@@H](Cc1ccccc1)C(=O)NCCc1c[nH]c2ccccc12)c1cc(=O)c2c(OCc3ccc(Br)cc3)cccc2o1. The molecule has 0 fully saturated rings. The average Bonchev–Trinajstić information content (AvgIpc) is 3.47. The molecule has 0 spiro atoms. The van der Waals surface area contributed by atoms with Crippen LogP contribution in [0.4, 0.5) is 0 Å². The Bertz CT molecular complexity index is 2020. The van der Waals surface area contributed by atoms with Crippen LogP contribution in [0.3, 0.4) is 0 Å². The molecule has 2 heterocycles. The van der Waals surface area contributed by atoms with Crippen LogP contribution in [0.25, 0.3) is 21.9 Å². The standard InChI is InChI=1S/C36H30BrN3O5/c37-26-15-13-24(14-16-26)22-44-31-11-6-12-32-34(31)30(41)20-33(45-32)36(43)40-29(19-23-7-2-1-3-8-23)35(42)38-18-17-25-21-39-28-10-5-4-9-27(25)28/h1-16,20-21,29,39H,17-19,22H2,(H,38,42)(H,40,43)/t29-/m0/s1. The smallest absolute Gasteiger partial charge is 0.287 e. The number of benzene rings is 4. The fourth-order valence-electron chi connectivity index (χ4n) is 5.22. The van der Waals surface area contributed by atoms with E-state index in [1.807, 2.05) is 85.1 Å². The van der Waals surface area contributed by atoms with Gasteiger partial charge in [0.15, 0.2) is 11.2 Å². The van der Waals surface area contributed by atoms with Gasteiger partial charge in [-0.05, 0) is 53.4 Å². The summed E-state index contributed by atoms with van der Waals surface area (Å²) in [6.45, 7) is 0.639. The molecule has 0 aliphatic rings. The van der Waals surface area contributed by atoms with E-state index in [-0.39, 0.29) is 35.7 Å². The van der Waals surface area contributed by atoms with E-state index in [4.69, 9.17) is 9.15 Å². The summed E-state index contributed by atoms with van der Waals surface area (Å²) >= 11 is 3.42. The number of carbonyl (C=O) groups excluding carboxylic acids is 2. The monoisotopic (exact) mass is 663 g/mol. The molecule has 0 bridgehead atoms. The van der Waals surface area contributed by atoms with Crippen LogP contribution in [0.5, 0.6) is 5.75 Å². The number of para-hydroxylation sites is 1. The van der Waals surface area contributed by atoms with Crippen molar-refractivity contribution >= 4 is 49.6 Å². The van der Waals surface area contributed by atoms with E-state index in [0.717, 1.165) is 38.1 Å². The van der Waals surface area contributed by atoms with Crippen LogP contribution in [0.1, 0.15) is 27.2 Å². The lowest BCUT2D eigenvalue weighted by molar-refractivity contribution is -0.122. The molecule has 0 aliphatic heterocycles. The Morgan fingerprint density at radius 2 is 1.67 bits per heavy atom. The lowest BCUT2D eigenvalue weighted by Gasteiger charge is -2.18. The molecule has 0 unspecified atom stereocenters. The third-order valence-electron chi connectivity index (χ3n) is 7.52. The topological polar surface area (TPSA) is 113 Å². The first-order valence-corrected chi connectivity index (χ1v) is 15.4. The van der Waals surface area contributed by atoms with E-state index in [1.165, 1.54) is 0 Å². The van der Waals surface area contributed by atoms with E-state index in [1.54, 1.807) is 18.2 Å². The van der Waals surface area contributed by atoms with Gasteiger partial charge in [-0.3, -0.25) is 14.4 Å². The van der Waals surface area contributed by atoms with Crippen molar-refractivity contribution in [2.24, 2.45) is 0 Å². The predicted molar refractivity (Wildman–Crippen MR) is 177 cm³/mol. The number of rotatable bonds is 11. The lowest BCUT2D eigenvalue weighted by Crippen LogP contribution is -2.48. The van der Waals surface area contributed by atoms with Crippen LogP contribution >= 0.6 is 15.9 Å². The van der Waals surface area contributed by atoms with E-state index in [9.17, 15) is 14.4 Å². The summed E-state index contributed by atoms with van der Waals surface area (Å²) in [7, 11) is 0. The highest BCUT2D eigenvalue weighted by atomic mass is 79.9. The second kappa shape index (κ2) is 13.7. The number of fused-ring (bicyclic) bond motifs is 2. The summed E-state index contributed by atoms with van der Waals surface area (Å²) in [6, 6.07) is 30.3. The Balaban J connectivity index is 1.17. The number of halogens is 1. The summed E-state index contributed by atoms with van der Waals surface area (Å²) in [5, 5.41) is 7.09. The molecule has 0 aliphatic carbocycles. The van der Waals surface area contributed by atoms with Gasteiger partial charge < -0.3 is 24.8 Å². The fourth-order valence-corrected chi connectivity index (χ4v) is 5.49. The first-order chi connectivity index (χ1) is 21.9. The number of ether oxygens (including phenoxy) is 1. The highest BCUT2D eigenvalue weighted by molar-refractivity contribution is 9.10. The molecule has 0 radical (unpaired) electrons. The van der Waals surface area contributed by atoms with E-state index in [0.29, 0.717) is 18.7 Å². The second-order valence-corrected chi connectivity index (χ2v) is 11.6. The van der Waals surface area contributed by atoms with Crippen molar-refractivity contribution in [3.05, 3.63) is 146 Å². The summed E-state index contributed by atoms with van der Waals surface area (Å²) in [5.74, 6) is -0.837. The molecule has 6 rings (SSSR count). The maximum absolute atomic E-state index is 13.4. The molecule has 9 heteroatoms. The first-order valence-electron chi connectivity index (χ1n) is 14.6. The first kappa shape index (κ1) is 29.9. The molecular formula is C36H30BrN3O5. The molecular weight excluding hydrogens is 634 g/mol. The van der Waals surface area contributed by atoms with Crippen LogP contribution < -0.4 is 20.8 Å². The van der Waals surface area contributed by atoms with Crippen molar-refractivity contribution in [1.82, 2.24) is 15.6 Å². The van der Waals surface area contributed by atoms with Crippen molar-refractivity contribution in [3.8, 4) is 5.75 Å². The number of aromatic amines is 1. The van der Waals surface area contributed by atoms with Gasteiger partial charge >= 0.3 is 0 Å². The van der Waals surface area contributed by atoms with Crippen molar-refractivity contribution in [1.29, 1.82) is 0 Å². The minimum Gasteiger partial charge on any atom is -0.488 e. The van der Waals surface area contributed by atoms with Gasteiger partial charge in [0, 0.05) is 40.6 Å². The zero-order valence-electron chi connectivity index (χ0n) is 24.2. The number of amides is 2. The van der Waals surface area contributed by atoms with Gasteiger partial charge in [-0.1, -0.05) is 82.7 Å². The molecule has 45 heavy (non-hydrogen) atoms. The third kappa shape index (κ3) is 7.16. The van der Waals surface area contributed by atoms with Gasteiger partial charge in [0.25, 0.3) is 5.91 Å². The van der Waals surface area contributed by atoms with Crippen LogP contribution in [0.2, 0.25) is 0 Å². The molecule has 6 aromatic rings. The van der Waals surface area contributed by atoms with Crippen molar-refractivity contribution in [2.45, 2.75) is 25.5 Å². The normalized spacial score (nSPS) is 11.8. The summed E-state index contributed by atoms with van der Waals surface area (Å²) < 4.78 is 12.8. The zero-order valence-corrected chi connectivity index (χ0v) is 25.8. The molecule has 8 nitrogen and oxygen atoms in total. The number of carbonyl (C=O) groups is 2. The second-order valence-electron chi connectivity index (χ2n) is 10.6. The van der Waals surface area contributed by atoms with Crippen LogP contribution in [-0.4, -0.2) is 29.4 Å². The highest BCUT2D eigenvalue weighted by Crippen LogP contribution is 2.25. The van der Waals surface area contributed by atoms with Crippen molar-refractivity contribution < 1.29 is 18.7 Å². The summed E-state index contributed by atoms with van der Waals surface area (Å²) in [6.07, 6.45) is 2.82. The zero-order chi connectivity index (χ0) is 31.2. The van der Waals surface area contributed by atoms with E-state index < -0.39 is 17.4 Å². The van der Waals surface area contributed by atoms with Gasteiger partial charge in [-0.15, -0.1) is 0 Å². The largest absolute Gasteiger partial charge is 0.488 e. The number of aromatic nitrogens is 1. The number of H-pyrrole nitrogens is 1. The molecule has 0 saturated carbocycles. The van der Waals surface area contributed by atoms with Crippen LogP contribution in [0, 0.1) is 0 Å². The van der Waals surface area contributed by atoms with Crippen LogP contribution in [-0.2, 0) is 24.2 Å². The molecule has 1 atom stereocenters. The van der Waals surface area contributed by atoms with Gasteiger partial charge in [0.2, 0.25) is 5.91 Å². The number of hydrogen-bond acceptors (Lipinski definition) is 5. The van der Waals surface area contributed by atoms with Gasteiger partial charge in [-0.2, -0.15) is 0 Å². The maximum Gasteiger partial charge on any atom is 0.287 e. The van der Waals surface area contributed by atoms with Gasteiger partial charge in [0.1, 0.15) is 29.4 Å². The molecule has 2 amide bonds. The Morgan fingerprint density at radius 3 is 2.49 bits per heavy atom. The Hall–Kier alpha value is -5.15. The number of nitrogens with one attached hydrogen (secondary N) is 3. The van der Waals surface area contributed by atoms with Crippen molar-refractivity contribution in [3.63, 3.8) is 0 Å². The average molecular weight is 665 g/mol.